The largest absolute Gasteiger partial charge is 0.466 e. The van der Waals surface area contributed by atoms with Crippen LogP contribution in [0.15, 0.2) is 12.2 Å². The molecule has 0 N–H and O–H groups in total. The summed E-state index contributed by atoms with van der Waals surface area (Å²) in [4.78, 5) is 21.9. The average molecular weight is 224 g/mol. The number of ether oxygens (including phenoxy) is 1. The van der Waals surface area contributed by atoms with Gasteiger partial charge in [-0.15, -0.1) is 0 Å². The van der Waals surface area contributed by atoms with Gasteiger partial charge in [-0.1, -0.05) is 26.0 Å². The maximum Gasteiger partial charge on any atom is 0.302 e. The summed E-state index contributed by atoms with van der Waals surface area (Å²) in [6.07, 6.45) is 2.75. The lowest BCUT2D eigenvalue weighted by Crippen LogP contribution is -2.40. The molecule has 0 radical (unpaired) electrons. The maximum absolute atomic E-state index is 11.1. The van der Waals surface area contributed by atoms with E-state index in [4.69, 9.17) is 4.74 Å². The Hall–Kier alpha value is -1.12. The second-order valence-electron chi connectivity index (χ2n) is 5.13. The molecule has 1 fully saturated rings. The van der Waals surface area contributed by atoms with E-state index >= 15 is 0 Å². The second kappa shape index (κ2) is 4.81. The maximum atomic E-state index is 11.1. The van der Waals surface area contributed by atoms with Gasteiger partial charge in [0.2, 0.25) is 0 Å². The molecule has 2 atom stereocenters. The van der Waals surface area contributed by atoms with E-state index in [0.717, 1.165) is 24.7 Å². The van der Waals surface area contributed by atoms with E-state index in [1.54, 1.807) is 0 Å². The van der Waals surface area contributed by atoms with Crippen LogP contribution in [0.2, 0.25) is 0 Å². The Morgan fingerprint density at radius 2 is 2.25 bits per heavy atom. The molecule has 0 amide bonds. The van der Waals surface area contributed by atoms with E-state index in [0.29, 0.717) is 6.61 Å². The minimum absolute atomic E-state index is 0.123. The third-order valence-electron chi connectivity index (χ3n) is 3.73. The molecule has 1 rings (SSSR count). The molecular formula is C13H20O3. The minimum atomic E-state index is -0.261. The number of hydrogen-bond acceptors (Lipinski definition) is 3. The highest BCUT2D eigenvalue weighted by Crippen LogP contribution is 2.46. The van der Waals surface area contributed by atoms with Crippen molar-refractivity contribution in [3.8, 4) is 0 Å². The summed E-state index contributed by atoms with van der Waals surface area (Å²) in [5.41, 5.74) is 0.825. The summed E-state index contributed by atoms with van der Waals surface area (Å²) in [5, 5.41) is 0. The molecule has 1 unspecified atom stereocenters. The second-order valence-corrected chi connectivity index (χ2v) is 5.13. The third-order valence-corrected chi connectivity index (χ3v) is 3.73. The van der Waals surface area contributed by atoms with E-state index in [1.807, 2.05) is 13.8 Å². The molecular weight excluding hydrogens is 204 g/mol. The number of carbonyl (C=O) groups is 2. The standard InChI is InChI=1S/C13H20O3/c1-9-5-6-11(8-16-10(2)15)13(3,4)12(9)7-14/h7,11-12H,1,5-6,8H2,2-4H3/t11-,12?/m1/s1. The Bertz CT molecular complexity index is 304. The fourth-order valence-corrected chi connectivity index (χ4v) is 2.45. The van der Waals surface area contributed by atoms with E-state index < -0.39 is 0 Å². The lowest BCUT2D eigenvalue weighted by molar-refractivity contribution is -0.144. The fourth-order valence-electron chi connectivity index (χ4n) is 2.45. The monoisotopic (exact) mass is 224 g/mol. The van der Waals surface area contributed by atoms with E-state index in [1.165, 1.54) is 6.92 Å². The zero-order valence-electron chi connectivity index (χ0n) is 10.3. The van der Waals surface area contributed by atoms with Crippen LogP contribution in [0.3, 0.4) is 0 Å². The summed E-state index contributed by atoms with van der Waals surface area (Å²) in [6, 6.07) is 0. The molecule has 3 heteroatoms. The van der Waals surface area contributed by atoms with Crippen molar-refractivity contribution in [1.29, 1.82) is 0 Å². The summed E-state index contributed by atoms with van der Waals surface area (Å²) in [6.45, 7) is 9.86. The predicted octanol–water partition coefficient (Wildman–Crippen LogP) is 2.36. The first-order chi connectivity index (χ1) is 7.39. The van der Waals surface area contributed by atoms with Crippen LogP contribution in [0.1, 0.15) is 33.6 Å². The van der Waals surface area contributed by atoms with Crippen LogP contribution in [-0.2, 0) is 14.3 Å². The molecule has 0 heterocycles. The highest BCUT2D eigenvalue weighted by atomic mass is 16.5. The van der Waals surface area contributed by atoms with Gasteiger partial charge in [-0.2, -0.15) is 0 Å². The van der Waals surface area contributed by atoms with Crippen molar-refractivity contribution in [2.24, 2.45) is 17.3 Å². The summed E-state index contributed by atoms with van der Waals surface area (Å²) in [5.74, 6) is -0.151. The van der Waals surface area contributed by atoms with Crippen LogP contribution < -0.4 is 0 Å². The topological polar surface area (TPSA) is 43.4 Å². The Balaban J connectivity index is 2.75. The van der Waals surface area contributed by atoms with Gasteiger partial charge in [0.05, 0.1) is 6.61 Å². The van der Waals surface area contributed by atoms with Crippen molar-refractivity contribution in [3.63, 3.8) is 0 Å². The zero-order valence-corrected chi connectivity index (χ0v) is 10.3. The summed E-state index contributed by atoms with van der Waals surface area (Å²) >= 11 is 0. The molecule has 90 valence electrons. The van der Waals surface area contributed by atoms with Gasteiger partial charge >= 0.3 is 5.97 Å². The number of rotatable bonds is 3. The highest BCUT2D eigenvalue weighted by molar-refractivity contribution is 5.66. The number of aldehydes is 1. The molecule has 3 nitrogen and oxygen atoms in total. The molecule has 16 heavy (non-hydrogen) atoms. The molecule has 0 spiro atoms. The molecule has 0 bridgehead atoms. The van der Waals surface area contributed by atoms with Gasteiger partial charge in [-0.25, -0.2) is 0 Å². The van der Waals surface area contributed by atoms with Crippen LogP contribution >= 0.6 is 0 Å². The van der Waals surface area contributed by atoms with E-state index in [9.17, 15) is 9.59 Å². The Labute approximate surface area is 96.9 Å². The van der Waals surface area contributed by atoms with Crippen LogP contribution in [0, 0.1) is 17.3 Å². The van der Waals surface area contributed by atoms with Crippen molar-refractivity contribution < 1.29 is 14.3 Å². The Morgan fingerprint density at radius 1 is 1.62 bits per heavy atom. The smallest absolute Gasteiger partial charge is 0.302 e. The minimum Gasteiger partial charge on any atom is -0.466 e. The first-order valence-electron chi connectivity index (χ1n) is 5.66. The molecule has 1 saturated carbocycles. The summed E-state index contributed by atoms with van der Waals surface area (Å²) < 4.78 is 5.06. The Kier molecular flexibility index (Phi) is 3.89. The van der Waals surface area contributed by atoms with Gasteiger partial charge in [0, 0.05) is 12.8 Å². The van der Waals surface area contributed by atoms with Crippen LogP contribution in [-0.4, -0.2) is 18.9 Å². The first kappa shape index (κ1) is 12.9. The van der Waals surface area contributed by atoms with Crippen molar-refractivity contribution in [3.05, 3.63) is 12.2 Å². The molecule has 1 aliphatic carbocycles. The number of hydrogen-bond donors (Lipinski definition) is 0. The van der Waals surface area contributed by atoms with Gasteiger partial charge in [0.25, 0.3) is 0 Å². The van der Waals surface area contributed by atoms with Crippen molar-refractivity contribution >= 4 is 12.3 Å². The first-order valence-corrected chi connectivity index (χ1v) is 5.66. The van der Waals surface area contributed by atoms with Crippen molar-refractivity contribution in [2.45, 2.75) is 33.6 Å². The molecule has 0 aromatic rings. The number of allylic oxidation sites excluding steroid dienone is 1. The predicted molar refractivity (Wildman–Crippen MR) is 61.8 cm³/mol. The lowest BCUT2D eigenvalue weighted by atomic mass is 9.61. The molecule has 0 aromatic heterocycles. The molecule has 0 aromatic carbocycles. The van der Waals surface area contributed by atoms with Crippen molar-refractivity contribution in [1.82, 2.24) is 0 Å². The van der Waals surface area contributed by atoms with Gasteiger partial charge in [0.1, 0.15) is 6.29 Å². The molecule has 0 saturated heterocycles. The van der Waals surface area contributed by atoms with Crippen LogP contribution in [0.5, 0.6) is 0 Å². The van der Waals surface area contributed by atoms with Crippen LogP contribution in [0.4, 0.5) is 0 Å². The third kappa shape index (κ3) is 2.52. The van der Waals surface area contributed by atoms with Gasteiger partial charge in [0.15, 0.2) is 0 Å². The van der Waals surface area contributed by atoms with Crippen LogP contribution in [0.25, 0.3) is 0 Å². The quantitative estimate of drug-likeness (QED) is 0.420. The molecule has 0 aliphatic heterocycles. The van der Waals surface area contributed by atoms with Crippen molar-refractivity contribution in [2.75, 3.05) is 6.61 Å². The van der Waals surface area contributed by atoms with E-state index in [2.05, 4.69) is 6.58 Å². The SMILES string of the molecule is C=C1CC[C@H](COC(C)=O)C(C)(C)C1C=O. The Morgan fingerprint density at radius 3 is 2.75 bits per heavy atom. The fraction of sp³-hybridized carbons (Fsp3) is 0.692. The average Bonchev–Trinajstić information content (AvgIpc) is 2.15. The lowest BCUT2D eigenvalue weighted by Gasteiger charge is -2.43. The number of esters is 1. The summed E-state index contributed by atoms with van der Waals surface area (Å²) in [7, 11) is 0. The normalized spacial score (nSPS) is 28.6. The zero-order chi connectivity index (χ0) is 12.3. The van der Waals surface area contributed by atoms with Gasteiger partial charge in [-0.3, -0.25) is 4.79 Å². The molecule has 1 aliphatic rings. The van der Waals surface area contributed by atoms with E-state index in [-0.39, 0.29) is 23.2 Å². The number of carbonyl (C=O) groups excluding carboxylic acids is 2. The van der Waals surface area contributed by atoms with Gasteiger partial charge in [-0.05, 0) is 24.2 Å². The highest BCUT2D eigenvalue weighted by Gasteiger charge is 2.42. The van der Waals surface area contributed by atoms with Gasteiger partial charge < -0.3 is 9.53 Å².